The minimum Gasteiger partial charge on any atom is -0.465 e. The van der Waals surface area contributed by atoms with E-state index in [0.29, 0.717) is 18.4 Å². The first-order valence-corrected chi connectivity index (χ1v) is 8.98. The first kappa shape index (κ1) is 18.0. The third kappa shape index (κ3) is 2.50. The lowest BCUT2D eigenvalue weighted by Gasteiger charge is -2.53. The highest BCUT2D eigenvalue weighted by Crippen LogP contribution is 2.59. The fourth-order valence-electron chi connectivity index (χ4n) is 4.20. The van der Waals surface area contributed by atoms with Gasteiger partial charge in [-0.1, -0.05) is 17.7 Å². The minimum absolute atomic E-state index is 0.347. The zero-order valence-corrected chi connectivity index (χ0v) is 16.0. The second kappa shape index (κ2) is 5.87. The Morgan fingerprint density at radius 1 is 1.40 bits per heavy atom. The summed E-state index contributed by atoms with van der Waals surface area (Å²) in [6, 6.07) is 0. The van der Waals surface area contributed by atoms with Crippen molar-refractivity contribution < 1.29 is 19.1 Å². The molecule has 2 aliphatic carbocycles. The predicted molar refractivity (Wildman–Crippen MR) is 96.2 cm³/mol. The molecular weight excluding hydrogens is 316 g/mol. The zero-order chi connectivity index (χ0) is 18.6. The molecule has 0 aromatic carbocycles. The summed E-state index contributed by atoms with van der Waals surface area (Å²) in [6.45, 7) is 11.4. The van der Waals surface area contributed by atoms with E-state index in [1.807, 2.05) is 34.6 Å². The molecule has 0 fully saturated rings. The number of hydrogen-bond donors (Lipinski definition) is 1. The van der Waals surface area contributed by atoms with Crippen LogP contribution in [-0.4, -0.2) is 16.7 Å². The Labute approximate surface area is 149 Å². The third-order valence-electron chi connectivity index (χ3n) is 6.43. The van der Waals surface area contributed by atoms with Crippen LogP contribution in [0.2, 0.25) is 0 Å². The first-order valence-electron chi connectivity index (χ1n) is 8.98. The standard InChI is InChI=1S/C21H28O4/c1-7-12(2)19(22)25-18-17-13(3)14(4)24-16(17)11-15-9-8-10-20(5,23)21(15,18)6/h7,9,18,23H,8,10-11H2,1-6H3. The van der Waals surface area contributed by atoms with Crippen molar-refractivity contribution in [2.75, 3.05) is 0 Å². The summed E-state index contributed by atoms with van der Waals surface area (Å²) in [6.07, 6.45) is 5.50. The predicted octanol–water partition coefficient (Wildman–Crippen LogP) is 4.48. The second-order valence-corrected chi connectivity index (χ2v) is 7.80. The molecule has 1 N–H and O–H groups in total. The van der Waals surface area contributed by atoms with Crippen LogP contribution in [-0.2, 0) is 16.0 Å². The monoisotopic (exact) mass is 344 g/mol. The molecule has 1 aromatic rings. The lowest BCUT2D eigenvalue weighted by Crippen LogP contribution is -2.53. The van der Waals surface area contributed by atoms with E-state index >= 15 is 0 Å². The van der Waals surface area contributed by atoms with Gasteiger partial charge < -0.3 is 14.3 Å². The molecule has 0 radical (unpaired) electrons. The average Bonchev–Trinajstić information content (AvgIpc) is 2.83. The Hall–Kier alpha value is -1.81. The molecule has 136 valence electrons. The number of ether oxygens (including phenoxy) is 1. The van der Waals surface area contributed by atoms with Crippen LogP contribution in [0.1, 0.15) is 69.3 Å². The van der Waals surface area contributed by atoms with Gasteiger partial charge in [0.1, 0.15) is 17.6 Å². The summed E-state index contributed by atoms with van der Waals surface area (Å²) in [4.78, 5) is 12.6. The summed E-state index contributed by atoms with van der Waals surface area (Å²) in [5.41, 5.74) is 1.98. The Balaban J connectivity index is 2.20. The van der Waals surface area contributed by atoms with Crippen LogP contribution in [0.3, 0.4) is 0 Å². The van der Waals surface area contributed by atoms with Crippen molar-refractivity contribution in [2.45, 2.75) is 72.5 Å². The van der Waals surface area contributed by atoms with Crippen LogP contribution in [0.5, 0.6) is 0 Å². The number of carbonyl (C=O) groups is 1. The first-order chi connectivity index (χ1) is 11.6. The molecule has 4 heteroatoms. The highest BCUT2D eigenvalue weighted by molar-refractivity contribution is 5.88. The molecule has 0 amide bonds. The van der Waals surface area contributed by atoms with Gasteiger partial charge in [-0.05, 0) is 59.9 Å². The Morgan fingerprint density at radius 3 is 2.72 bits per heavy atom. The Morgan fingerprint density at radius 2 is 2.08 bits per heavy atom. The van der Waals surface area contributed by atoms with E-state index in [4.69, 9.17) is 9.15 Å². The number of carbonyl (C=O) groups excluding carboxylic acids is 1. The quantitative estimate of drug-likeness (QED) is 0.488. The van der Waals surface area contributed by atoms with E-state index in [1.165, 1.54) is 0 Å². The topological polar surface area (TPSA) is 59.7 Å². The van der Waals surface area contributed by atoms with Crippen molar-refractivity contribution in [1.29, 1.82) is 0 Å². The van der Waals surface area contributed by atoms with E-state index in [9.17, 15) is 9.90 Å². The molecule has 0 saturated heterocycles. The van der Waals surface area contributed by atoms with Crippen molar-refractivity contribution in [2.24, 2.45) is 5.41 Å². The molecule has 2 aliphatic rings. The molecule has 4 nitrogen and oxygen atoms in total. The molecule has 0 bridgehead atoms. The van der Waals surface area contributed by atoms with Gasteiger partial charge in [-0.2, -0.15) is 0 Å². The summed E-state index contributed by atoms with van der Waals surface area (Å²) in [5.74, 6) is 1.35. The molecule has 1 aromatic heterocycles. The highest BCUT2D eigenvalue weighted by Gasteiger charge is 2.58. The highest BCUT2D eigenvalue weighted by atomic mass is 16.5. The van der Waals surface area contributed by atoms with E-state index in [0.717, 1.165) is 34.6 Å². The molecule has 1 heterocycles. The van der Waals surface area contributed by atoms with Crippen molar-refractivity contribution in [3.8, 4) is 0 Å². The van der Waals surface area contributed by atoms with Gasteiger partial charge in [0, 0.05) is 17.6 Å². The maximum atomic E-state index is 12.6. The van der Waals surface area contributed by atoms with E-state index in [-0.39, 0.29) is 5.97 Å². The largest absolute Gasteiger partial charge is 0.465 e. The van der Waals surface area contributed by atoms with E-state index in [1.54, 1.807) is 13.0 Å². The molecule has 3 unspecified atom stereocenters. The lowest BCUT2D eigenvalue weighted by molar-refractivity contribution is -0.168. The molecule has 0 saturated carbocycles. The van der Waals surface area contributed by atoms with Crippen LogP contribution in [0.15, 0.2) is 27.7 Å². The van der Waals surface area contributed by atoms with Gasteiger partial charge in [0.15, 0.2) is 0 Å². The number of fused-ring (bicyclic) bond motifs is 2. The van der Waals surface area contributed by atoms with Crippen molar-refractivity contribution in [1.82, 2.24) is 0 Å². The molecule has 0 aliphatic heterocycles. The fraction of sp³-hybridized carbons (Fsp3) is 0.571. The molecule has 25 heavy (non-hydrogen) atoms. The average molecular weight is 344 g/mol. The smallest absolute Gasteiger partial charge is 0.334 e. The SMILES string of the molecule is CC=C(C)C(=O)OC1c2c(oc(C)c2C)CC2=CCCC(C)(O)C21C. The molecule has 0 spiro atoms. The minimum atomic E-state index is -0.957. The summed E-state index contributed by atoms with van der Waals surface area (Å²) < 4.78 is 12.0. The Bertz CT molecular complexity index is 778. The van der Waals surface area contributed by atoms with Gasteiger partial charge in [0.25, 0.3) is 0 Å². The van der Waals surface area contributed by atoms with Crippen LogP contribution in [0.4, 0.5) is 0 Å². The maximum absolute atomic E-state index is 12.6. The van der Waals surface area contributed by atoms with Gasteiger partial charge in [0.05, 0.1) is 11.0 Å². The number of esters is 1. The van der Waals surface area contributed by atoms with Gasteiger partial charge in [-0.15, -0.1) is 0 Å². The number of furan rings is 1. The van der Waals surface area contributed by atoms with Crippen LogP contribution >= 0.6 is 0 Å². The number of aryl methyl sites for hydroxylation is 1. The van der Waals surface area contributed by atoms with Crippen LogP contribution < -0.4 is 0 Å². The van der Waals surface area contributed by atoms with Gasteiger partial charge in [0.2, 0.25) is 0 Å². The van der Waals surface area contributed by atoms with Gasteiger partial charge in [-0.25, -0.2) is 4.79 Å². The normalized spacial score (nSPS) is 31.9. The van der Waals surface area contributed by atoms with E-state index in [2.05, 4.69) is 6.08 Å². The molecule has 3 atom stereocenters. The van der Waals surface area contributed by atoms with Gasteiger partial charge in [-0.3, -0.25) is 0 Å². The van der Waals surface area contributed by atoms with Crippen molar-refractivity contribution in [3.63, 3.8) is 0 Å². The summed E-state index contributed by atoms with van der Waals surface area (Å²) in [5, 5.41) is 11.3. The van der Waals surface area contributed by atoms with Gasteiger partial charge >= 0.3 is 5.97 Å². The fourth-order valence-corrected chi connectivity index (χ4v) is 4.20. The number of hydrogen-bond acceptors (Lipinski definition) is 4. The van der Waals surface area contributed by atoms with Crippen LogP contribution in [0, 0.1) is 19.3 Å². The zero-order valence-electron chi connectivity index (χ0n) is 16.0. The summed E-state index contributed by atoms with van der Waals surface area (Å²) in [7, 11) is 0. The van der Waals surface area contributed by atoms with Crippen LogP contribution in [0.25, 0.3) is 0 Å². The van der Waals surface area contributed by atoms with Crippen molar-refractivity contribution >= 4 is 5.97 Å². The third-order valence-corrected chi connectivity index (χ3v) is 6.43. The number of rotatable bonds is 2. The second-order valence-electron chi connectivity index (χ2n) is 7.80. The lowest BCUT2D eigenvalue weighted by atomic mass is 9.56. The number of allylic oxidation sites excluding steroid dienone is 2. The maximum Gasteiger partial charge on any atom is 0.334 e. The summed E-state index contributed by atoms with van der Waals surface area (Å²) >= 11 is 0. The molecular formula is C21H28O4. The molecule has 3 rings (SSSR count). The number of aliphatic hydroxyl groups is 1. The van der Waals surface area contributed by atoms with Crippen molar-refractivity contribution in [3.05, 3.63) is 45.9 Å². The Kier molecular flexibility index (Phi) is 4.23. The van der Waals surface area contributed by atoms with E-state index < -0.39 is 17.1 Å².